The number of hydrogen-bond donors (Lipinski definition) is 1. The maximum atomic E-state index is 4.62. The molecule has 2 aromatic rings. The molecule has 1 unspecified atom stereocenters. The van der Waals surface area contributed by atoms with Gasteiger partial charge in [-0.1, -0.05) is 6.92 Å². The van der Waals surface area contributed by atoms with E-state index in [1.165, 1.54) is 5.56 Å². The zero-order valence-electron chi connectivity index (χ0n) is 11.4. The molecule has 0 aliphatic heterocycles. The molecule has 102 valence electrons. The van der Waals surface area contributed by atoms with Crippen LogP contribution in [0.3, 0.4) is 0 Å². The lowest BCUT2D eigenvalue weighted by Crippen LogP contribution is -2.20. The molecule has 0 fully saturated rings. The summed E-state index contributed by atoms with van der Waals surface area (Å²) in [5.74, 6) is 0.805. The highest BCUT2D eigenvalue weighted by molar-refractivity contribution is 9.10. The van der Waals surface area contributed by atoms with Gasteiger partial charge in [-0.3, -0.25) is 0 Å². The molecule has 0 saturated carbocycles. The van der Waals surface area contributed by atoms with Crippen molar-refractivity contribution < 1.29 is 0 Å². The highest BCUT2D eigenvalue weighted by Crippen LogP contribution is 2.28. The Labute approximate surface area is 126 Å². The van der Waals surface area contributed by atoms with Gasteiger partial charge in [-0.15, -0.1) is 11.3 Å². The van der Waals surface area contributed by atoms with Gasteiger partial charge in [0.2, 0.25) is 0 Å². The van der Waals surface area contributed by atoms with Crippen molar-refractivity contribution in [3.63, 3.8) is 0 Å². The Balaban J connectivity index is 2.21. The smallest absolute Gasteiger partial charge is 0.169 e. The lowest BCUT2D eigenvalue weighted by molar-refractivity contribution is 0.564. The van der Waals surface area contributed by atoms with Gasteiger partial charge < -0.3 is 5.32 Å². The molecule has 0 bridgehead atoms. The van der Waals surface area contributed by atoms with Crippen LogP contribution in [-0.2, 0) is 0 Å². The summed E-state index contributed by atoms with van der Waals surface area (Å²) in [4.78, 5) is 10.2. The fraction of sp³-hybridized carbons (Fsp3) is 0.429. The van der Waals surface area contributed by atoms with Crippen LogP contribution in [0, 0.1) is 6.92 Å². The van der Waals surface area contributed by atoms with Gasteiger partial charge in [-0.05, 0) is 48.8 Å². The fourth-order valence-electron chi connectivity index (χ4n) is 1.92. The molecule has 3 nitrogen and oxygen atoms in total. The van der Waals surface area contributed by atoms with Gasteiger partial charge in [0.15, 0.2) is 5.82 Å². The number of halogens is 1. The van der Waals surface area contributed by atoms with Gasteiger partial charge in [-0.25, -0.2) is 9.97 Å². The number of aryl methyl sites for hydroxylation is 1. The summed E-state index contributed by atoms with van der Waals surface area (Å²) in [5, 5.41) is 5.52. The number of aromatic nitrogens is 2. The summed E-state index contributed by atoms with van der Waals surface area (Å²) in [5.41, 5.74) is 2.22. The molecular formula is C14H18BrN3S. The third-order valence-corrected chi connectivity index (χ3v) is 4.66. The molecule has 19 heavy (non-hydrogen) atoms. The molecule has 1 N–H and O–H groups in total. The Bertz CT molecular complexity index is 553. The van der Waals surface area contributed by atoms with Crippen molar-refractivity contribution in [3.05, 3.63) is 33.4 Å². The normalized spacial score (nSPS) is 12.6. The first-order valence-electron chi connectivity index (χ1n) is 6.43. The largest absolute Gasteiger partial charge is 0.310 e. The van der Waals surface area contributed by atoms with Crippen molar-refractivity contribution in [2.45, 2.75) is 33.2 Å². The van der Waals surface area contributed by atoms with E-state index in [1.54, 1.807) is 11.3 Å². The Hall–Kier alpha value is -0.780. The minimum Gasteiger partial charge on any atom is -0.310 e. The maximum Gasteiger partial charge on any atom is 0.169 e. The number of hydrogen-bond acceptors (Lipinski definition) is 4. The second-order valence-corrected chi connectivity index (χ2v) is 6.37. The van der Waals surface area contributed by atoms with E-state index in [0.29, 0.717) is 6.04 Å². The van der Waals surface area contributed by atoms with Crippen LogP contribution < -0.4 is 5.32 Å². The summed E-state index contributed by atoms with van der Waals surface area (Å²) < 4.78 is 1.08. The minimum atomic E-state index is 0.295. The van der Waals surface area contributed by atoms with Gasteiger partial charge >= 0.3 is 0 Å². The minimum absolute atomic E-state index is 0.295. The van der Waals surface area contributed by atoms with Gasteiger partial charge in [0.05, 0.1) is 4.88 Å². The van der Waals surface area contributed by atoms with Crippen LogP contribution in [-0.4, -0.2) is 16.5 Å². The molecule has 1 atom stereocenters. The van der Waals surface area contributed by atoms with Crippen LogP contribution in [0.4, 0.5) is 0 Å². The predicted molar refractivity (Wildman–Crippen MR) is 84.5 cm³/mol. The lowest BCUT2D eigenvalue weighted by Gasteiger charge is -2.15. The number of thiophene rings is 1. The van der Waals surface area contributed by atoms with Gasteiger partial charge in [-0.2, -0.15) is 0 Å². The van der Waals surface area contributed by atoms with Crippen molar-refractivity contribution in [2.75, 3.05) is 6.54 Å². The van der Waals surface area contributed by atoms with Gasteiger partial charge in [0.1, 0.15) is 0 Å². The van der Waals surface area contributed by atoms with Gasteiger partial charge in [0, 0.05) is 33.3 Å². The molecule has 0 aliphatic rings. The number of nitrogens with one attached hydrogen (secondary N) is 1. The van der Waals surface area contributed by atoms with Crippen molar-refractivity contribution in [1.29, 1.82) is 0 Å². The molecule has 2 aromatic heterocycles. The Morgan fingerprint density at radius 2 is 2.26 bits per heavy atom. The van der Waals surface area contributed by atoms with E-state index < -0.39 is 0 Å². The summed E-state index contributed by atoms with van der Waals surface area (Å²) in [6, 6.07) is 2.35. The van der Waals surface area contributed by atoms with Crippen molar-refractivity contribution in [2.24, 2.45) is 0 Å². The van der Waals surface area contributed by atoms with Crippen molar-refractivity contribution >= 4 is 27.3 Å². The van der Waals surface area contributed by atoms with Crippen LogP contribution in [0.25, 0.3) is 10.7 Å². The van der Waals surface area contributed by atoms with E-state index >= 15 is 0 Å². The molecule has 2 rings (SSSR count). The predicted octanol–water partition coefficient (Wildman–Crippen LogP) is 4.34. The number of rotatable bonds is 5. The fourth-order valence-corrected chi connectivity index (χ4v) is 3.29. The summed E-state index contributed by atoms with van der Waals surface area (Å²) in [6.45, 7) is 7.39. The monoisotopic (exact) mass is 339 g/mol. The average molecular weight is 340 g/mol. The second-order valence-electron chi connectivity index (χ2n) is 4.54. The Morgan fingerprint density at radius 3 is 2.84 bits per heavy atom. The first kappa shape index (κ1) is 14.6. The molecule has 0 radical (unpaired) electrons. The summed E-state index contributed by atoms with van der Waals surface area (Å²) in [6.07, 6.45) is 3.07. The van der Waals surface area contributed by atoms with Crippen LogP contribution in [0.2, 0.25) is 0 Å². The van der Waals surface area contributed by atoms with Crippen LogP contribution in [0.15, 0.2) is 22.1 Å². The third kappa shape index (κ3) is 3.61. The molecule has 0 saturated heterocycles. The zero-order valence-corrected chi connectivity index (χ0v) is 13.8. The van der Waals surface area contributed by atoms with E-state index in [0.717, 1.165) is 33.8 Å². The first-order chi connectivity index (χ1) is 9.11. The zero-order chi connectivity index (χ0) is 13.8. The molecule has 0 aromatic carbocycles. The van der Waals surface area contributed by atoms with E-state index in [9.17, 15) is 0 Å². The lowest BCUT2D eigenvalue weighted by atomic mass is 10.1. The average Bonchev–Trinajstić information content (AvgIpc) is 2.82. The molecule has 0 amide bonds. The van der Waals surface area contributed by atoms with Crippen molar-refractivity contribution in [3.8, 4) is 10.7 Å². The van der Waals surface area contributed by atoms with Crippen molar-refractivity contribution in [1.82, 2.24) is 15.3 Å². The number of nitrogens with zero attached hydrogens (tertiary/aromatic N) is 2. The summed E-state index contributed by atoms with van der Waals surface area (Å²) in [7, 11) is 0. The first-order valence-corrected chi connectivity index (χ1v) is 8.10. The molecule has 0 spiro atoms. The third-order valence-electron chi connectivity index (χ3n) is 2.97. The SMILES string of the molecule is CCCNC(C)c1cnc(-c2cc(Br)cs2)nc1C. The Kier molecular flexibility index (Phi) is 5.07. The quantitative estimate of drug-likeness (QED) is 0.880. The molecule has 0 aliphatic carbocycles. The van der Waals surface area contributed by atoms with Gasteiger partial charge in [0.25, 0.3) is 0 Å². The standard InChI is InChI=1S/C14H18BrN3S/c1-4-5-16-9(2)12-7-17-14(18-10(12)3)13-6-11(15)8-19-13/h6-9,16H,4-5H2,1-3H3. The highest BCUT2D eigenvalue weighted by atomic mass is 79.9. The molecule has 5 heteroatoms. The Morgan fingerprint density at radius 1 is 1.47 bits per heavy atom. The summed E-state index contributed by atoms with van der Waals surface area (Å²) >= 11 is 5.11. The van der Waals surface area contributed by atoms with E-state index in [4.69, 9.17) is 0 Å². The highest BCUT2D eigenvalue weighted by Gasteiger charge is 2.12. The van der Waals surface area contributed by atoms with E-state index in [1.807, 2.05) is 18.5 Å². The van der Waals surface area contributed by atoms with Crippen LogP contribution in [0.1, 0.15) is 37.6 Å². The molecule has 2 heterocycles. The topological polar surface area (TPSA) is 37.8 Å². The second kappa shape index (κ2) is 6.59. The molecular weight excluding hydrogens is 322 g/mol. The van der Waals surface area contributed by atoms with E-state index in [-0.39, 0.29) is 0 Å². The van der Waals surface area contributed by atoms with Crippen LogP contribution in [0.5, 0.6) is 0 Å². The van der Waals surface area contributed by atoms with E-state index in [2.05, 4.69) is 51.1 Å². The van der Waals surface area contributed by atoms with Crippen LogP contribution >= 0.6 is 27.3 Å². The maximum absolute atomic E-state index is 4.62.